The fourth-order valence-corrected chi connectivity index (χ4v) is 2.37. The van der Waals surface area contributed by atoms with Crippen LogP contribution in [0, 0.1) is 17.2 Å². The van der Waals surface area contributed by atoms with Gasteiger partial charge in [0.1, 0.15) is 5.92 Å². The van der Waals surface area contributed by atoms with E-state index in [1.165, 1.54) is 6.42 Å². The minimum atomic E-state index is -0.537. The van der Waals surface area contributed by atoms with Crippen LogP contribution in [-0.2, 0) is 11.2 Å². The van der Waals surface area contributed by atoms with E-state index in [1.54, 1.807) is 0 Å². The van der Waals surface area contributed by atoms with Crippen LogP contribution in [0.15, 0.2) is 30.3 Å². The molecule has 0 spiro atoms. The molecule has 1 fully saturated rings. The lowest BCUT2D eigenvalue weighted by Crippen LogP contribution is -2.39. The van der Waals surface area contributed by atoms with Crippen LogP contribution in [0.5, 0.6) is 0 Å². The van der Waals surface area contributed by atoms with E-state index in [0.29, 0.717) is 6.42 Å². The first-order valence-electron chi connectivity index (χ1n) is 6.53. The van der Waals surface area contributed by atoms with Gasteiger partial charge in [-0.2, -0.15) is 5.26 Å². The Morgan fingerprint density at radius 2 is 1.89 bits per heavy atom. The zero-order valence-electron chi connectivity index (χ0n) is 10.5. The summed E-state index contributed by atoms with van der Waals surface area (Å²) in [6.45, 7) is 1.62. The van der Waals surface area contributed by atoms with Gasteiger partial charge in [0, 0.05) is 13.1 Å². The van der Waals surface area contributed by atoms with E-state index < -0.39 is 5.92 Å². The van der Waals surface area contributed by atoms with Gasteiger partial charge < -0.3 is 4.90 Å². The van der Waals surface area contributed by atoms with Gasteiger partial charge in [-0.15, -0.1) is 0 Å². The molecule has 1 aromatic carbocycles. The van der Waals surface area contributed by atoms with Crippen molar-refractivity contribution in [3.05, 3.63) is 35.9 Å². The van der Waals surface area contributed by atoms with Crippen molar-refractivity contribution in [3.8, 4) is 6.07 Å². The molecular weight excluding hydrogens is 224 g/mol. The predicted octanol–water partition coefficient (Wildman–Crippen LogP) is 2.38. The summed E-state index contributed by atoms with van der Waals surface area (Å²) in [5.41, 5.74) is 1.05. The van der Waals surface area contributed by atoms with Crippen molar-refractivity contribution in [1.29, 1.82) is 5.26 Å². The van der Waals surface area contributed by atoms with Crippen LogP contribution in [-0.4, -0.2) is 23.9 Å². The van der Waals surface area contributed by atoms with Crippen LogP contribution in [0.25, 0.3) is 0 Å². The van der Waals surface area contributed by atoms with Gasteiger partial charge in [-0.25, -0.2) is 0 Å². The summed E-state index contributed by atoms with van der Waals surface area (Å²) in [5.74, 6) is -0.536. The molecule has 1 aromatic rings. The lowest BCUT2D eigenvalue weighted by atomic mass is 9.98. The molecule has 0 aliphatic carbocycles. The Morgan fingerprint density at radius 3 is 2.50 bits per heavy atom. The van der Waals surface area contributed by atoms with Gasteiger partial charge >= 0.3 is 0 Å². The molecule has 0 aromatic heterocycles. The summed E-state index contributed by atoms with van der Waals surface area (Å²) >= 11 is 0. The molecule has 1 heterocycles. The third kappa shape index (κ3) is 3.10. The standard InChI is InChI=1S/C15H18N2O/c16-12-14(11-13-7-3-1-4-8-13)15(18)17-9-5-2-6-10-17/h1,3-4,7-8,14H,2,5-6,9-11H2. The van der Waals surface area contributed by atoms with E-state index in [2.05, 4.69) is 6.07 Å². The third-order valence-electron chi connectivity index (χ3n) is 3.40. The van der Waals surface area contributed by atoms with Crippen molar-refractivity contribution in [2.75, 3.05) is 13.1 Å². The van der Waals surface area contributed by atoms with Crippen molar-refractivity contribution < 1.29 is 4.79 Å². The second-order valence-corrected chi connectivity index (χ2v) is 4.76. The topological polar surface area (TPSA) is 44.1 Å². The van der Waals surface area contributed by atoms with Gasteiger partial charge in [0.25, 0.3) is 0 Å². The first kappa shape index (κ1) is 12.6. The Kier molecular flexibility index (Phi) is 4.35. The van der Waals surface area contributed by atoms with E-state index in [4.69, 9.17) is 0 Å². The van der Waals surface area contributed by atoms with Crippen LogP contribution in [0.4, 0.5) is 0 Å². The molecule has 0 radical (unpaired) electrons. The Labute approximate surface area is 108 Å². The number of piperidine rings is 1. The molecule has 1 unspecified atom stereocenters. The molecule has 0 N–H and O–H groups in total. The molecule has 0 saturated carbocycles. The summed E-state index contributed by atoms with van der Waals surface area (Å²) in [6.07, 6.45) is 3.84. The zero-order chi connectivity index (χ0) is 12.8. The number of amides is 1. The number of nitrogens with zero attached hydrogens (tertiary/aromatic N) is 2. The highest BCUT2D eigenvalue weighted by atomic mass is 16.2. The molecule has 1 atom stereocenters. The Morgan fingerprint density at radius 1 is 1.22 bits per heavy atom. The number of nitriles is 1. The SMILES string of the molecule is N#CC(Cc1ccccc1)C(=O)N1CCCCC1. The quantitative estimate of drug-likeness (QED) is 0.816. The maximum atomic E-state index is 12.2. The zero-order valence-corrected chi connectivity index (χ0v) is 10.5. The monoisotopic (exact) mass is 242 g/mol. The predicted molar refractivity (Wildman–Crippen MR) is 69.7 cm³/mol. The van der Waals surface area contributed by atoms with Crippen molar-refractivity contribution in [2.24, 2.45) is 5.92 Å². The molecule has 2 rings (SSSR count). The molecule has 94 valence electrons. The number of carbonyl (C=O) groups is 1. The van der Waals surface area contributed by atoms with Crippen LogP contribution in [0.1, 0.15) is 24.8 Å². The maximum Gasteiger partial charge on any atom is 0.240 e. The summed E-state index contributed by atoms with van der Waals surface area (Å²) < 4.78 is 0. The Bertz CT molecular complexity index is 430. The lowest BCUT2D eigenvalue weighted by molar-refractivity contribution is -0.134. The number of hydrogen-bond donors (Lipinski definition) is 0. The Hall–Kier alpha value is -1.82. The summed E-state index contributed by atoms with van der Waals surface area (Å²) in [6, 6.07) is 11.9. The molecule has 3 heteroatoms. The minimum Gasteiger partial charge on any atom is -0.342 e. The molecule has 0 bridgehead atoms. The van der Waals surface area contributed by atoms with E-state index in [9.17, 15) is 10.1 Å². The third-order valence-corrected chi connectivity index (χ3v) is 3.40. The van der Waals surface area contributed by atoms with Crippen LogP contribution in [0.3, 0.4) is 0 Å². The average molecular weight is 242 g/mol. The molecule has 1 aliphatic heterocycles. The number of hydrogen-bond acceptors (Lipinski definition) is 2. The summed E-state index contributed by atoms with van der Waals surface area (Å²) in [4.78, 5) is 14.1. The highest BCUT2D eigenvalue weighted by Gasteiger charge is 2.25. The molecule has 3 nitrogen and oxygen atoms in total. The molecule has 1 saturated heterocycles. The minimum absolute atomic E-state index is 0.000975. The Balaban J connectivity index is 2.00. The smallest absolute Gasteiger partial charge is 0.240 e. The summed E-state index contributed by atoms with van der Waals surface area (Å²) in [5, 5.41) is 9.19. The van der Waals surface area contributed by atoms with Gasteiger partial charge in [0.2, 0.25) is 5.91 Å². The van der Waals surface area contributed by atoms with Crippen molar-refractivity contribution >= 4 is 5.91 Å². The van der Waals surface area contributed by atoms with Gasteiger partial charge in [-0.3, -0.25) is 4.79 Å². The van der Waals surface area contributed by atoms with Crippen molar-refractivity contribution in [2.45, 2.75) is 25.7 Å². The maximum absolute atomic E-state index is 12.2. The molecular formula is C15H18N2O. The lowest BCUT2D eigenvalue weighted by Gasteiger charge is -2.28. The van der Waals surface area contributed by atoms with Gasteiger partial charge in [0.05, 0.1) is 6.07 Å². The van der Waals surface area contributed by atoms with Crippen LogP contribution >= 0.6 is 0 Å². The first-order chi connectivity index (χ1) is 8.81. The second kappa shape index (κ2) is 6.20. The van der Waals surface area contributed by atoms with E-state index in [1.807, 2.05) is 35.2 Å². The van der Waals surface area contributed by atoms with E-state index >= 15 is 0 Å². The number of likely N-dealkylation sites (tertiary alicyclic amines) is 1. The van der Waals surface area contributed by atoms with Crippen molar-refractivity contribution in [1.82, 2.24) is 4.90 Å². The average Bonchev–Trinajstić information content (AvgIpc) is 2.46. The fourth-order valence-electron chi connectivity index (χ4n) is 2.37. The number of carbonyl (C=O) groups excluding carboxylic acids is 1. The first-order valence-corrected chi connectivity index (χ1v) is 6.53. The normalized spacial score (nSPS) is 16.9. The second-order valence-electron chi connectivity index (χ2n) is 4.76. The van der Waals surface area contributed by atoms with Crippen LogP contribution < -0.4 is 0 Å². The summed E-state index contributed by atoms with van der Waals surface area (Å²) in [7, 11) is 0. The highest BCUT2D eigenvalue weighted by Crippen LogP contribution is 2.15. The number of benzene rings is 1. The van der Waals surface area contributed by atoms with E-state index in [-0.39, 0.29) is 5.91 Å². The van der Waals surface area contributed by atoms with Gasteiger partial charge in [0.15, 0.2) is 0 Å². The largest absolute Gasteiger partial charge is 0.342 e. The van der Waals surface area contributed by atoms with Crippen molar-refractivity contribution in [3.63, 3.8) is 0 Å². The molecule has 1 amide bonds. The van der Waals surface area contributed by atoms with Gasteiger partial charge in [-0.05, 0) is 31.2 Å². The van der Waals surface area contributed by atoms with Crippen LogP contribution in [0.2, 0.25) is 0 Å². The highest BCUT2D eigenvalue weighted by molar-refractivity contribution is 5.81. The molecule has 18 heavy (non-hydrogen) atoms. The van der Waals surface area contributed by atoms with E-state index in [0.717, 1.165) is 31.5 Å². The van der Waals surface area contributed by atoms with Gasteiger partial charge in [-0.1, -0.05) is 30.3 Å². The fraction of sp³-hybridized carbons (Fsp3) is 0.467. The molecule has 1 aliphatic rings. The number of rotatable bonds is 3.